The quantitative estimate of drug-likeness (QED) is 0.787. The van der Waals surface area contributed by atoms with Crippen LogP contribution in [-0.2, 0) is 9.59 Å². The molecule has 1 aliphatic rings. The van der Waals surface area contributed by atoms with Crippen LogP contribution in [0.1, 0.15) is 51.1 Å². The molecule has 0 spiro atoms. The van der Waals surface area contributed by atoms with Crippen molar-refractivity contribution in [3.05, 3.63) is 35.9 Å². The first kappa shape index (κ1) is 16.5. The molecule has 0 aromatic heterocycles. The van der Waals surface area contributed by atoms with Crippen molar-refractivity contribution in [1.82, 2.24) is 10.2 Å². The highest BCUT2D eigenvalue weighted by Gasteiger charge is 2.57. The maximum absolute atomic E-state index is 12.6. The first-order valence-corrected chi connectivity index (χ1v) is 8.12. The van der Waals surface area contributed by atoms with Crippen molar-refractivity contribution in [2.24, 2.45) is 5.41 Å². The fourth-order valence-electron chi connectivity index (χ4n) is 2.69. The highest BCUT2D eigenvalue weighted by atomic mass is 16.2. The van der Waals surface area contributed by atoms with Gasteiger partial charge in [-0.05, 0) is 31.7 Å². The van der Waals surface area contributed by atoms with E-state index in [0.29, 0.717) is 12.8 Å². The highest BCUT2D eigenvalue weighted by molar-refractivity contribution is 6.07. The topological polar surface area (TPSA) is 49.4 Å². The van der Waals surface area contributed by atoms with Crippen molar-refractivity contribution in [3.63, 3.8) is 0 Å². The van der Waals surface area contributed by atoms with Crippen LogP contribution in [0.15, 0.2) is 30.3 Å². The van der Waals surface area contributed by atoms with E-state index in [1.807, 2.05) is 37.3 Å². The summed E-state index contributed by atoms with van der Waals surface area (Å²) < 4.78 is 0. The molecule has 4 heteroatoms. The van der Waals surface area contributed by atoms with Gasteiger partial charge in [-0.2, -0.15) is 0 Å². The third-order valence-electron chi connectivity index (χ3n) is 4.43. The summed E-state index contributed by atoms with van der Waals surface area (Å²) in [6.45, 7) is 4.77. The van der Waals surface area contributed by atoms with Gasteiger partial charge in [0.1, 0.15) is 5.41 Å². The summed E-state index contributed by atoms with van der Waals surface area (Å²) in [5, 5.41) is 3.00. The van der Waals surface area contributed by atoms with E-state index in [0.717, 1.165) is 24.9 Å². The van der Waals surface area contributed by atoms with Gasteiger partial charge in [-0.1, -0.05) is 43.7 Å². The maximum Gasteiger partial charge on any atom is 0.238 e. The van der Waals surface area contributed by atoms with Crippen LogP contribution in [0, 0.1) is 5.41 Å². The lowest BCUT2D eigenvalue weighted by Crippen LogP contribution is -2.44. The fourth-order valence-corrected chi connectivity index (χ4v) is 2.69. The van der Waals surface area contributed by atoms with Gasteiger partial charge in [0, 0.05) is 13.6 Å². The zero-order valence-electron chi connectivity index (χ0n) is 13.8. The molecule has 0 saturated heterocycles. The average Bonchev–Trinajstić information content (AvgIpc) is 3.34. The minimum absolute atomic E-state index is 0.0290. The molecule has 1 aromatic rings. The van der Waals surface area contributed by atoms with Crippen molar-refractivity contribution in [2.45, 2.75) is 45.6 Å². The SMILES string of the molecule is CCCCN(C)C(=O)C1(C(=O)NC(C)c2ccccc2)CC1. The standard InChI is InChI=1S/C18H26N2O2/c1-4-5-13-20(3)17(22)18(11-12-18)16(21)19-14(2)15-9-7-6-8-10-15/h6-10,14H,4-5,11-13H2,1-3H3,(H,19,21). The average molecular weight is 302 g/mol. The molecule has 120 valence electrons. The van der Waals surface area contributed by atoms with Gasteiger partial charge < -0.3 is 10.2 Å². The Bertz CT molecular complexity index is 523. The zero-order valence-corrected chi connectivity index (χ0v) is 13.8. The second-order valence-corrected chi connectivity index (χ2v) is 6.27. The molecule has 0 bridgehead atoms. The van der Waals surface area contributed by atoms with E-state index in [2.05, 4.69) is 12.2 Å². The molecule has 1 N–H and O–H groups in total. The Labute approximate surface area is 132 Å². The summed E-state index contributed by atoms with van der Waals surface area (Å²) >= 11 is 0. The monoisotopic (exact) mass is 302 g/mol. The van der Waals surface area contributed by atoms with Gasteiger partial charge in [0.05, 0.1) is 6.04 Å². The normalized spacial score (nSPS) is 16.7. The molecule has 1 aromatic carbocycles. The Morgan fingerprint density at radius 1 is 1.27 bits per heavy atom. The number of carbonyl (C=O) groups excluding carboxylic acids is 2. The Morgan fingerprint density at radius 2 is 1.91 bits per heavy atom. The Balaban J connectivity index is 1.98. The first-order valence-electron chi connectivity index (χ1n) is 8.12. The van der Waals surface area contributed by atoms with Crippen LogP contribution >= 0.6 is 0 Å². The summed E-state index contributed by atoms with van der Waals surface area (Å²) in [4.78, 5) is 26.8. The van der Waals surface area contributed by atoms with Gasteiger partial charge in [0.2, 0.25) is 11.8 Å². The van der Waals surface area contributed by atoms with Crippen LogP contribution in [0.4, 0.5) is 0 Å². The van der Waals surface area contributed by atoms with E-state index in [4.69, 9.17) is 0 Å². The number of hydrogen-bond acceptors (Lipinski definition) is 2. The smallest absolute Gasteiger partial charge is 0.238 e. The van der Waals surface area contributed by atoms with E-state index in [-0.39, 0.29) is 17.9 Å². The number of rotatable bonds is 7. The summed E-state index contributed by atoms with van der Waals surface area (Å²) in [6, 6.07) is 9.75. The summed E-state index contributed by atoms with van der Waals surface area (Å²) in [5.41, 5.74) is 0.240. The minimum atomic E-state index is -0.814. The molecule has 1 saturated carbocycles. The molecule has 1 fully saturated rings. The van der Waals surface area contributed by atoms with Crippen molar-refractivity contribution < 1.29 is 9.59 Å². The minimum Gasteiger partial charge on any atom is -0.349 e. The van der Waals surface area contributed by atoms with E-state index in [1.54, 1.807) is 11.9 Å². The van der Waals surface area contributed by atoms with Gasteiger partial charge in [-0.15, -0.1) is 0 Å². The molecule has 1 unspecified atom stereocenters. The third-order valence-corrected chi connectivity index (χ3v) is 4.43. The van der Waals surface area contributed by atoms with Gasteiger partial charge in [-0.25, -0.2) is 0 Å². The molecule has 1 atom stereocenters. The Morgan fingerprint density at radius 3 is 2.45 bits per heavy atom. The van der Waals surface area contributed by atoms with Crippen molar-refractivity contribution in [3.8, 4) is 0 Å². The van der Waals surface area contributed by atoms with E-state index in [9.17, 15) is 9.59 Å². The number of hydrogen-bond donors (Lipinski definition) is 1. The van der Waals surface area contributed by atoms with Crippen LogP contribution in [0.2, 0.25) is 0 Å². The third kappa shape index (κ3) is 3.49. The molecule has 0 radical (unpaired) electrons. The second-order valence-electron chi connectivity index (χ2n) is 6.27. The van der Waals surface area contributed by atoms with Gasteiger partial charge >= 0.3 is 0 Å². The van der Waals surface area contributed by atoms with Gasteiger partial charge in [0.25, 0.3) is 0 Å². The summed E-state index contributed by atoms with van der Waals surface area (Å²) in [7, 11) is 1.80. The van der Waals surface area contributed by atoms with E-state index >= 15 is 0 Å². The van der Waals surface area contributed by atoms with Crippen molar-refractivity contribution in [2.75, 3.05) is 13.6 Å². The molecule has 0 aliphatic heterocycles. The predicted molar refractivity (Wildman–Crippen MR) is 87.2 cm³/mol. The molecule has 22 heavy (non-hydrogen) atoms. The van der Waals surface area contributed by atoms with Crippen LogP contribution in [0.5, 0.6) is 0 Å². The molecule has 0 heterocycles. The largest absolute Gasteiger partial charge is 0.349 e. The molecular weight excluding hydrogens is 276 g/mol. The molecule has 1 aliphatic carbocycles. The lowest BCUT2D eigenvalue weighted by Gasteiger charge is -2.24. The summed E-state index contributed by atoms with van der Waals surface area (Å²) in [6.07, 6.45) is 3.34. The number of nitrogens with one attached hydrogen (secondary N) is 1. The maximum atomic E-state index is 12.6. The van der Waals surface area contributed by atoms with E-state index in [1.165, 1.54) is 0 Å². The highest BCUT2D eigenvalue weighted by Crippen LogP contribution is 2.47. The predicted octanol–water partition coefficient (Wildman–Crippen LogP) is 2.90. The first-order chi connectivity index (χ1) is 10.5. The fraction of sp³-hybridized carbons (Fsp3) is 0.556. The number of carbonyl (C=O) groups is 2. The molecule has 2 rings (SSSR count). The Kier molecular flexibility index (Phi) is 5.22. The number of amides is 2. The molecular formula is C18H26N2O2. The van der Waals surface area contributed by atoms with Gasteiger partial charge in [0.15, 0.2) is 0 Å². The van der Waals surface area contributed by atoms with Crippen LogP contribution < -0.4 is 5.32 Å². The van der Waals surface area contributed by atoms with Crippen LogP contribution in [0.3, 0.4) is 0 Å². The molecule has 2 amide bonds. The van der Waals surface area contributed by atoms with Crippen LogP contribution in [-0.4, -0.2) is 30.3 Å². The molecule has 4 nitrogen and oxygen atoms in total. The lowest BCUT2D eigenvalue weighted by atomic mass is 10.0. The summed E-state index contributed by atoms with van der Waals surface area (Å²) in [5.74, 6) is -0.157. The number of unbranched alkanes of at least 4 members (excludes halogenated alkanes) is 1. The zero-order chi connectivity index (χ0) is 16.2. The number of benzene rings is 1. The second kappa shape index (κ2) is 6.95. The van der Waals surface area contributed by atoms with Crippen molar-refractivity contribution >= 4 is 11.8 Å². The van der Waals surface area contributed by atoms with E-state index < -0.39 is 5.41 Å². The lowest BCUT2D eigenvalue weighted by molar-refractivity contribution is -0.143. The Hall–Kier alpha value is -1.84. The van der Waals surface area contributed by atoms with Crippen LogP contribution in [0.25, 0.3) is 0 Å². The van der Waals surface area contributed by atoms with Gasteiger partial charge in [-0.3, -0.25) is 9.59 Å². The number of nitrogens with zero attached hydrogens (tertiary/aromatic N) is 1. The van der Waals surface area contributed by atoms with Crippen molar-refractivity contribution in [1.29, 1.82) is 0 Å².